The fourth-order valence-corrected chi connectivity index (χ4v) is 6.51. The molecule has 3 aromatic rings. The molecule has 5 atom stereocenters. The van der Waals surface area contributed by atoms with Gasteiger partial charge < -0.3 is 46.5 Å². The molecule has 0 spiro atoms. The van der Waals surface area contributed by atoms with Crippen LogP contribution in [0.5, 0.6) is 5.75 Å². The summed E-state index contributed by atoms with van der Waals surface area (Å²) in [5, 5.41) is 17.4. The summed E-state index contributed by atoms with van der Waals surface area (Å²) < 4.78 is 5.27. The van der Waals surface area contributed by atoms with Gasteiger partial charge in [-0.05, 0) is 54.5 Å². The Balaban J connectivity index is 1.76. The molecule has 0 bridgehead atoms. The summed E-state index contributed by atoms with van der Waals surface area (Å²) >= 11 is 0. The molecule has 0 unspecified atom stereocenters. The average Bonchev–Trinajstić information content (AvgIpc) is 3.57. The molecular formula is C41H56N8O8. The summed E-state index contributed by atoms with van der Waals surface area (Å²) in [5.41, 5.74) is 2.25. The van der Waals surface area contributed by atoms with E-state index < -0.39 is 84.6 Å². The van der Waals surface area contributed by atoms with E-state index in [1.807, 2.05) is 52.0 Å². The molecule has 1 aliphatic heterocycles. The van der Waals surface area contributed by atoms with E-state index in [0.29, 0.717) is 11.3 Å². The van der Waals surface area contributed by atoms with Gasteiger partial charge in [-0.2, -0.15) is 0 Å². The van der Waals surface area contributed by atoms with Crippen molar-refractivity contribution >= 4 is 52.3 Å². The van der Waals surface area contributed by atoms with Crippen LogP contribution in [0, 0.1) is 11.8 Å². The van der Waals surface area contributed by atoms with E-state index in [9.17, 15) is 33.6 Å². The molecule has 1 saturated heterocycles. The highest BCUT2D eigenvalue weighted by Gasteiger charge is 2.34. The molecule has 16 heteroatoms. The maximum Gasteiger partial charge on any atom is 0.243 e. The number of H-pyrrole nitrogens is 1. The predicted molar refractivity (Wildman–Crippen MR) is 214 cm³/mol. The van der Waals surface area contributed by atoms with Crippen LogP contribution in [0.25, 0.3) is 10.9 Å². The molecule has 1 fully saturated rings. The van der Waals surface area contributed by atoms with E-state index >= 15 is 0 Å². The largest absolute Gasteiger partial charge is 0.497 e. The number of rotatable bonds is 10. The summed E-state index contributed by atoms with van der Waals surface area (Å²) in [4.78, 5) is 99.4. The van der Waals surface area contributed by atoms with Gasteiger partial charge in [-0.3, -0.25) is 33.6 Å². The summed E-state index contributed by atoms with van der Waals surface area (Å²) in [6.45, 7) is 9.13. The van der Waals surface area contributed by atoms with Crippen LogP contribution in [0.4, 0.5) is 0 Å². The number of nitrogens with zero attached hydrogens (tertiary/aromatic N) is 1. The first-order valence-electron chi connectivity index (χ1n) is 19.3. The van der Waals surface area contributed by atoms with Gasteiger partial charge in [-0.15, -0.1) is 0 Å². The zero-order chi connectivity index (χ0) is 41.8. The molecule has 0 saturated carbocycles. The number of aromatic nitrogens is 1. The second-order valence-electron chi connectivity index (χ2n) is 15.3. The fraction of sp³-hybridized carbons (Fsp3) is 0.488. The quantitative estimate of drug-likeness (QED) is 0.157. The van der Waals surface area contributed by atoms with Crippen LogP contribution < -0.4 is 36.6 Å². The minimum atomic E-state index is -1.20. The number of methoxy groups -OCH3 is 1. The fourth-order valence-electron chi connectivity index (χ4n) is 6.51. The highest BCUT2D eigenvalue weighted by Crippen LogP contribution is 2.20. The van der Waals surface area contributed by atoms with Crippen LogP contribution in [-0.2, 0) is 46.4 Å². The Morgan fingerprint density at radius 1 is 0.807 bits per heavy atom. The predicted octanol–water partition coefficient (Wildman–Crippen LogP) is 1.09. The number of nitrogens with one attached hydrogen (secondary N) is 7. The first kappa shape index (κ1) is 43.8. The van der Waals surface area contributed by atoms with E-state index in [4.69, 9.17) is 4.74 Å². The lowest BCUT2D eigenvalue weighted by Crippen LogP contribution is -2.61. The molecular weight excluding hydrogens is 732 g/mol. The Labute approximate surface area is 333 Å². The number of amides is 7. The molecule has 1 aromatic heterocycles. The van der Waals surface area contributed by atoms with Crippen LogP contribution >= 0.6 is 0 Å². The second-order valence-corrected chi connectivity index (χ2v) is 15.3. The molecule has 4 rings (SSSR count). The number of carbonyl (C=O) groups is 7. The van der Waals surface area contributed by atoms with Gasteiger partial charge in [-0.1, -0.05) is 58.0 Å². The number of hydrogen-bond acceptors (Lipinski definition) is 8. The molecule has 0 aliphatic carbocycles. The zero-order valence-electron chi connectivity index (χ0n) is 33.7. The minimum Gasteiger partial charge on any atom is -0.497 e. The SMILES string of the molecule is COc1ccc(C[C@@H]2NC(=O)[C@H](CC(C)C)NC(=O)[C@@H](Cc3c[nH]c4ccccc34)NC(=O)CN(C(=O)CNC(C)=O)C[C@H](C(C)C)NC(=O)[C@@H](C)NC2=O)cc1. The van der Waals surface area contributed by atoms with Crippen molar-refractivity contribution < 1.29 is 38.3 Å². The molecule has 1 aliphatic rings. The molecule has 308 valence electrons. The topological polar surface area (TPSA) is 220 Å². The average molecular weight is 789 g/mol. The standard InChI is InChI=1S/C41H56N8O8/c1-23(2)16-32-40(55)47-33(17-27-12-14-29(57-7)15-13-27)39(54)44-25(5)38(53)48-35(24(3)4)21-49(37(52)20-42-26(6)50)22-36(51)45-34(41(56)46-32)18-28-19-43-31-11-9-8-10-30(28)31/h8-15,19,23-25,32-35,43H,16-18,20-22H2,1-7H3,(H,42,50)(H,44,54)(H,45,51)(H,46,56)(H,47,55)(H,48,53)/t25-,32+,33+,34-,35-/m1/s1. The Morgan fingerprint density at radius 3 is 2.09 bits per heavy atom. The summed E-state index contributed by atoms with van der Waals surface area (Å²) in [7, 11) is 1.53. The minimum absolute atomic E-state index is 0.0303. The molecule has 2 heterocycles. The molecule has 16 nitrogen and oxygen atoms in total. The number of carbonyl (C=O) groups excluding carboxylic acids is 7. The summed E-state index contributed by atoms with van der Waals surface area (Å²) in [6, 6.07) is 9.22. The van der Waals surface area contributed by atoms with Crippen LogP contribution in [0.15, 0.2) is 54.7 Å². The third-order valence-corrected chi connectivity index (χ3v) is 9.80. The Morgan fingerprint density at radius 2 is 1.44 bits per heavy atom. The van der Waals surface area contributed by atoms with E-state index in [-0.39, 0.29) is 37.6 Å². The van der Waals surface area contributed by atoms with Gasteiger partial charge in [0, 0.05) is 49.5 Å². The zero-order valence-corrected chi connectivity index (χ0v) is 33.7. The first-order chi connectivity index (χ1) is 27.0. The van der Waals surface area contributed by atoms with Gasteiger partial charge in [-0.25, -0.2) is 0 Å². The number of fused-ring (bicyclic) bond motifs is 1. The summed E-state index contributed by atoms with van der Waals surface area (Å²) in [5.74, 6) is -3.90. The highest BCUT2D eigenvalue weighted by molar-refractivity contribution is 5.97. The molecule has 7 amide bonds. The van der Waals surface area contributed by atoms with Crippen molar-refractivity contribution in [2.45, 2.75) is 91.0 Å². The third-order valence-electron chi connectivity index (χ3n) is 9.80. The van der Waals surface area contributed by atoms with Crippen LogP contribution in [0.1, 0.15) is 59.1 Å². The monoisotopic (exact) mass is 788 g/mol. The maximum atomic E-state index is 14.3. The van der Waals surface area contributed by atoms with Crippen molar-refractivity contribution in [1.82, 2.24) is 41.8 Å². The Hall–Kier alpha value is -5.93. The highest BCUT2D eigenvalue weighted by atomic mass is 16.5. The van der Waals surface area contributed by atoms with Crippen molar-refractivity contribution in [3.05, 3.63) is 65.9 Å². The van der Waals surface area contributed by atoms with E-state index in [0.717, 1.165) is 16.5 Å². The van der Waals surface area contributed by atoms with Gasteiger partial charge >= 0.3 is 0 Å². The number of benzene rings is 2. The molecule has 57 heavy (non-hydrogen) atoms. The van der Waals surface area contributed by atoms with Gasteiger partial charge in [0.1, 0.15) is 29.9 Å². The van der Waals surface area contributed by atoms with Crippen LogP contribution in [0.3, 0.4) is 0 Å². The number of para-hydroxylation sites is 1. The Kier molecular flexibility index (Phi) is 15.6. The van der Waals surface area contributed by atoms with Crippen LogP contribution in [0.2, 0.25) is 0 Å². The van der Waals surface area contributed by atoms with E-state index in [1.54, 1.807) is 30.5 Å². The van der Waals surface area contributed by atoms with Crippen molar-refractivity contribution in [1.29, 1.82) is 0 Å². The number of ether oxygens (including phenoxy) is 1. The second kappa shape index (κ2) is 20.3. The lowest BCUT2D eigenvalue weighted by atomic mass is 9.99. The lowest BCUT2D eigenvalue weighted by molar-refractivity contribution is -0.138. The van der Waals surface area contributed by atoms with Gasteiger partial charge in [0.05, 0.1) is 20.2 Å². The maximum absolute atomic E-state index is 14.3. The van der Waals surface area contributed by atoms with Crippen molar-refractivity contribution in [3.8, 4) is 5.75 Å². The Bertz CT molecular complexity index is 1910. The molecule has 2 aromatic carbocycles. The van der Waals surface area contributed by atoms with Crippen molar-refractivity contribution in [3.63, 3.8) is 0 Å². The number of hydrogen-bond donors (Lipinski definition) is 7. The summed E-state index contributed by atoms with van der Waals surface area (Å²) in [6.07, 6.45) is 2.03. The van der Waals surface area contributed by atoms with Crippen molar-refractivity contribution in [2.24, 2.45) is 11.8 Å². The van der Waals surface area contributed by atoms with E-state index in [2.05, 4.69) is 36.9 Å². The van der Waals surface area contributed by atoms with Gasteiger partial charge in [0.15, 0.2) is 0 Å². The van der Waals surface area contributed by atoms with Crippen molar-refractivity contribution in [2.75, 3.05) is 26.7 Å². The lowest BCUT2D eigenvalue weighted by Gasteiger charge is -2.32. The third kappa shape index (κ3) is 12.8. The normalized spacial score (nSPS) is 21.8. The van der Waals surface area contributed by atoms with E-state index in [1.165, 1.54) is 25.9 Å². The number of aromatic amines is 1. The van der Waals surface area contributed by atoms with Crippen LogP contribution in [-0.4, -0.2) is 108 Å². The first-order valence-corrected chi connectivity index (χ1v) is 19.3. The van der Waals surface area contributed by atoms with Gasteiger partial charge in [0.2, 0.25) is 41.4 Å². The molecule has 0 radical (unpaired) electrons. The van der Waals surface area contributed by atoms with Gasteiger partial charge in [0.25, 0.3) is 0 Å². The molecule has 7 N–H and O–H groups in total. The smallest absolute Gasteiger partial charge is 0.243 e.